The van der Waals surface area contributed by atoms with Crippen molar-refractivity contribution >= 4 is 16.7 Å². The van der Waals surface area contributed by atoms with Gasteiger partial charge in [0.2, 0.25) is 0 Å². The van der Waals surface area contributed by atoms with E-state index < -0.39 is 22.9 Å². The largest absolute Gasteiger partial charge is 0.490 e. The van der Waals surface area contributed by atoms with Gasteiger partial charge in [-0.25, -0.2) is 14.4 Å². The molecule has 38 heavy (non-hydrogen) atoms. The standard InChI is InChI=1S/C27H28F3N5O3/c1-16-34-21-12-18(22-15-31-8-9-32-22)23(38-11-10-37-4)13-19(21)25(35-16)33-14-17-6-5-7-20(24(17)28)27(29,30)26(2,3)36/h5-9,12-13,15,36H,10-11,14H2,1-4H3,(H,33,34,35). The summed E-state index contributed by atoms with van der Waals surface area (Å²) in [6.45, 7) is 4.08. The number of anilines is 1. The molecular formula is C27H28F3N5O3. The first-order valence-corrected chi connectivity index (χ1v) is 11.9. The molecule has 0 aliphatic rings. The highest BCUT2D eigenvalue weighted by molar-refractivity contribution is 5.94. The summed E-state index contributed by atoms with van der Waals surface area (Å²) in [5.74, 6) is -3.59. The lowest BCUT2D eigenvalue weighted by molar-refractivity contribution is -0.170. The zero-order chi connectivity index (χ0) is 27.5. The molecule has 2 aromatic carbocycles. The number of hydrogen-bond acceptors (Lipinski definition) is 8. The number of benzene rings is 2. The fraction of sp³-hybridized carbons (Fsp3) is 0.333. The maximum atomic E-state index is 15.2. The van der Waals surface area contributed by atoms with E-state index in [1.165, 1.54) is 12.1 Å². The van der Waals surface area contributed by atoms with Gasteiger partial charge in [0, 0.05) is 42.6 Å². The normalized spacial score (nSPS) is 12.1. The fourth-order valence-corrected chi connectivity index (χ4v) is 3.87. The quantitative estimate of drug-likeness (QED) is 0.277. The van der Waals surface area contributed by atoms with Gasteiger partial charge in [-0.2, -0.15) is 8.78 Å². The van der Waals surface area contributed by atoms with Gasteiger partial charge in [-0.15, -0.1) is 0 Å². The lowest BCUT2D eigenvalue weighted by Crippen LogP contribution is -2.41. The Bertz CT molecular complexity index is 1430. The van der Waals surface area contributed by atoms with Crippen LogP contribution < -0.4 is 10.1 Å². The number of aryl methyl sites for hydroxylation is 1. The van der Waals surface area contributed by atoms with E-state index in [-0.39, 0.29) is 18.7 Å². The molecule has 0 bridgehead atoms. The average Bonchev–Trinajstić information content (AvgIpc) is 2.87. The third-order valence-electron chi connectivity index (χ3n) is 5.92. The summed E-state index contributed by atoms with van der Waals surface area (Å²) in [4.78, 5) is 17.5. The zero-order valence-electron chi connectivity index (χ0n) is 21.4. The summed E-state index contributed by atoms with van der Waals surface area (Å²) < 4.78 is 55.6. The molecule has 0 saturated carbocycles. The Kier molecular flexibility index (Phi) is 7.79. The number of ether oxygens (including phenoxy) is 2. The predicted octanol–water partition coefficient (Wildman–Crippen LogP) is 5.03. The van der Waals surface area contributed by atoms with E-state index >= 15 is 4.39 Å². The van der Waals surface area contributed by atoms with E-state index in [4.69, 9.17) is 9.47 Å². The fourth-order valence-electron chi connectivity index (χ4n) is 3.87. The molecule has 2 aromatic heterocycles. The number of aromatic nitrogens is 4. The van der Waals surface area contributed by atoms with Crippen LogP contribution in [0.3, 0.4) is 0 Å². The second-order valence-corrected chi connectivity index (χ2v) is 9.18. The number of methoxy groups -OCH3 is 1. The topological polar surface area (TPSA) is 102 Å². The Balaban J connectivity index is 1.73. The van der Waals surface area contributed by atoms with Gasteiger partial charge in [-0.1, -0.05) is 12.1 Å². The van der Waals surface area contributed by atoms with Gasteiger partial charge in [0.15, 0.2) is 0 Å². The predicted molar refractivity (Wildman–Crippen MR) is 137 cm³/mol. The van der Waals surface area contributed by atoms with E-state index in [2.05, 4.69) is 25.3 Å². The summed E-state index contributed by atoms with van der Waals surface area (Å²) in [6.07, 6.45) is 4.74. The van der Waals surface area contributed by atoms with Crippen LogP contribution in [0.1, 0.15) is 30.8 Å². The molecule has 8 nitrogen and oxygen atoms in total. The number of rotatable bonds is 10. The summed E-state index contributed by atoms with van der Waals surface area (Å²) in [5, 5.41) is 13.5. The molecule has 200 valence electrons. The molecule has 4 aromatic rings. The lowest BCUT2D eigenvalue weighted by atomic mass is 9.92. The van der Waals surface area contributed by atoms with Crippen LogP contribution in [0.5, 0.6) is 5.75 Å². The van der Waals surface area contributed by atoms with Gasteiger partial charge in [0.05, 0.1) is 29.6 Å². The Labute approximate surface area is 217 Å². The van der Waals surface area contributed by atoms with Crippen LogP contribution in [0.4, 0.5) is 19.0 Å². The number of hydrogen-bond donors (Lipinski definition) is 2. The molecule has 2 heterocycles. The van der Waals surface area contributed by atoms with E-state index in [1.54, 1.807) is 44.8 Å². The summed E-state index contributed by atoms with van der Waals surface area (Å²) in [6, 6.07) is 7.23. The van der Waals surface area contributed by atoms with Gasteiger partial charge in [0.25, 0.3) is 0 Å². The van der Waals surface area contributed by atoms with Crippen molar-refractivity contribution in [2.75, 3.05) is 25.6 Å². The Morgan fingerprint density at radius 1 is 1.08 bits per heavy atom. The molecule has 11 heteroatoms. The molecule has 2 N–H and O–H groups in total. The van der Waals surface area contributed by atoms with Crippen molar-refractivity contribution < 1.29 is 27.8 Å². The van der Waals surface area contributed by atoms with Crippen molar-refractivity contribution in [3.63, 3.8) is 0 Å². The van der Waals surface area contributed by atoms with Gasteiger partial charge in [-0.3, -0.25) is 9.97 Å². The molecular weight excluding hydrogens is 499 g/mol. The monoisotopic (exact) mass is 527 g/mol. The van der Waals surface area contributed by atoms with Crippen molar-refractivity contribution in [1.82, 2.24) is 19.9 Å². The first-order valence-electron chi connectivity index (χ1n) is 11.9. The number of halogens is 3. The first kappa shape index (κ1) is 27.2. The molecule has 0 aliphatic carbocycles. The van der Waals surface area contributed by atoms with Crippen molar-refractivity contribution in [2.24, 2.45) is 0 Å². The van der Waals surface area contributed by atoms with Gasteiger partial charge in [0.1, 0.15) is 35.4 Å². The van der Waals surface area contributed by atoms with Crippen LogP contribution in [0.25, 0.3) is 22.2 Å². The van der Waals surface area contributed by atoms with Gasteiger partial charge in [-0.05, 0) is 39.0 Å². The average molecular weight is 528 g/mol. The van der Waals surface area contributed by atoms with Crippen LogP contribution >= 0.6 is 0 Å². The smallest absolute Gasteiger partial charge is 0.303 e. The van der Waals surface area contributed by atoms with E-state index in [0.29, 0.717) is 46.2 Å². The molecule has 0 spiro atoms. The zero-order valence-corrected chi connectivity index (χ0v) is 21.4. The van der Waals surface area contributed by atoms with Gasteiger partial charge < -0.3 is 19.9 Å². The van der Waals surface area contributed by atoms with E-state index in [9.17, 15) is 13.9 Å². The number of alkyl halides is 2. The third kappa shape index (κ3) is 5.53. The van der Waals surface area contributed by atoms with Crippen LogP contribution in [0, 0.1) is 12.7 Å². The molecule has 0 aliphatic heterocycles. The minimum atomic E-state index is -3.80. The minimum absolute atomic E-state index is 0.0106. The number of fused-ring (bicyclic) bond motifs is 1. The maximum absolute atomic E-state index is 15.2. The van der Waals surface area contributed by atoms with Crippen molar-refractivity contribution in [3.8, 4) is 17.0 Å². The Morgan fingerprint density at radius 3 is 2.55 bits per heavy atom. The molecule has 0 saturated heterocycles. The summed E-state index contributed by atoms with van der Waals surface area (Å²) in [7, 11) is 1.57. The van der Waals surface area contributed by atoms with Crippen LogP contribution in [0.2, 0.25) is 0 Å². The number of nitrogens with one attached hydrogen (secondary N) is 1. The molecule has 4 rings (SSSR count). The highest BCUT2D eigenvalue weighted by Gasteiger charge is 2.48. The Hall–Kier alpha value is -3.83. The molecule has 0 fully saturated rings. The number of aliphatic hydroxyl groups is 1. The van der Waals surface area contributed by atoms with Crippen molar-refractivity contribution in [2.45, 2.75) is 38.8 Å². The first-order chi connectivity index (χ1) is 18.0. The van der Waals surface area contributed by atoms with Crippen molar-refractivity contribution in [3.05, 3.63) is 71.7 Å². The van der Waals surface area contributed by atoms with Crippen LogP contribution in [-0.4, -0.2) is 51.0 Å². The van der Waals surface area contributed by atoms with Crippen LogP contribution in [0.15, 0.2) is 48.9 Å². The lowest BCUT2D eigenvalue weighted by Gasteiger charge is -2.30. The van der Waals surface area contributed by atoms with E-state index in [0.717, 1.165) is 19.9 Å². The van der Waals surface area contributed by atoms with E-state index in [1.807, 2.05) is 0 Å². The minimum Gasteiger partial charge on any atom is -0.490 e. The highest BCUT2D eigenvalue weighted by Crippen LogP contribution is 2.40. The molecule has 0 radical (unpaired) electrons. The second-order valence-electron chi connectivity index (χ2n) is 9.18. The highest BCUT2D eigenvalue weighted by atomic mass is 19.3. The summed E-state index contributed by atoms with van der Waals surface area (Å²) >= 11 is 0. The SMILES string of the molecule is COCCOc1cc2c(NCc3cccc(C(F)(F)C(C)(C)O)c3F)nc(C)nc2cc1-c1cnccn1. The molecule has 0 unspecified atom stereocenters. The second kappa shape index (κ2) is 10.9. The molecule has 0 amide bonds. The van der Waals surface area contributed by atoms with Crippen molar-refractivity contribution in [1.29, 1.82) is 0 Å². The third-order valence-corrected chi connectivity index (χ3v) is 5.92. The Morgan fingerprint density at radius 2 is 1.87 bits per heavy atom. The summed E-state index contributed by atoms with van der Waals surface area (Å²) in [5.41, 5.74) is -1.51. The number of nitrogens with zero attached hydrogens (tertiary/aromatic N) is 4. The maximum Gasteiger partial charge on any atom is 0.303 e. The molecule has 0 atom stereocenters. The van der Waals surface area contributed by atoms with Crippen LogP contribution in [-0.2, 0) is 17.2 Å². The van der Waals surface area contributed by atoms with Gasteiger partial charge >= 0.3 is 5.92 Å².